The van der Waals surface area contributed by atoms with Crippen molar-refractivity contribution in [1.29, 1.82) is 0 Å². The highest BCUT2D eigenvalue weighted by Gasteiger charge is 1.91. The zero-order valence-corrected chi connectivity index (χ0v) is 5.31. The third kappa shape index (κ3) is 1.09. The van der Waals surface area contributed by atoms with Gasteiger partial charge in [-0.05, 0) is 13.0 Å². The van der Waals surface area contributed by atoms with Crippen LogP contribution in [-0.4, -0.2) is 10.2 Å². The van der Waals surface area contributed by atoms with Crippen LogP contribution in [0.15, 0.2) is 18.5 Å². The van der Waals surface area contributed by atoms with Crippen molar-refractivity contribution in [3.05, 3.63) is 29.8 Å². The van der Waals surface area contributed by atoms with Gasteiger partial charge in [-0.3, -0.25) is 5.10 Å². The average molecular weight is 120 g/mol. The van der Waals surface area contributed by atoms with E-state index >= 15 is 0 Å². The van der Waals surface area contributed by atoms with E-state index in [1.165, 1.54) is 0 Å². The van der Waals surface area contributed by atoms with Gasteiger partial charge in [0.1, 0.15) is 0 Å². The Labute approximate surface area is 53.9 Å². The Morgan fingerprint density at radius 1 is 1.89 bits per heavy atom. The predicted molar refractivity (Wildman–Crippen MR) is 36.9 cm³/mol. The molecule has 0 atom stereocenters. The molecule has 0 unspecified atom stereocenters. The first-order chi connectivity index (χ1) is 4.34. The number of aromatic amines is 1. The van der Waals surface area contributed by atoms with Crippen LogP contribution in [0.1, 0.15) is 11.3 Å². The molecule has 0 radical (unpaired) electrons. The van der Waals surface area contributed by atoms with Gasteiger partial charge in [0.05, 0.1) is 6.20 Å². The van der Waals surface area contributed by atoms with Gasteiger partial charge in [-0.2, -0.15) is 5.10 Å². The molecule has 0 saturated heterocycles. The molecule has 2 nitrogen and oxygen atoms in total. The van der Waals surface area contributed by atoms with Crippen LogP contribution in [0, 0.1) is 6.92 Å². The summed E-state index contributed by atoms with van der Waals surface area (Å²) in [5, 5.41) is 6.62. The van der Waals surface area contributed by atoms with Crippen molar-refractivity contribution in [3.63, 3.8) is 0 Å². The molecule has 9 heavy (non-hydrogen) atoms. The summed E-state index contributed by atoms with van der Waals surface area (Å²) in [5.41, 5.74) is 4.77. The fraction of sp³-hybridized carbons (Fsp3) is 0.143. The Hall–Kier alpha value is -1.27. The maximum atomic E-state index is 3.82. The predicted octanol–water partition coefficient (Wildman–Crippen LogP) is 1.52. The van der Waals surface area contributed by atoms with Crippen LogP contribution in [0.5, 0.6) is 0 Å². The van der Waals surface area contributed by atoms with Crippen LogP contribution in [0.25, 0.3) is 6.08 Å². The van der Waals surface area contributed by atoms with E-state index in [0.29, 0.717) is 0 Å². The minimum absolute atomic E-state index is 1.05. The summed E-state index contributed by atoms with van der Waals surface area (Å²) in [7, 11) is 0. The second-order valence-corrected chi connectivity index (χ2v) is 1.80. The largest absolute Gasteiger partial charge is 0.282 e. The van der Waals surface area contributed by atoms with Crippen molar-refractivity contribution in [3.8, 4) is 0 Å². The first-order valence-electron chi connectivity index (χ1n) is 2.70. The lowest BCUT2D eigenvalue weighted by Crippen LogP contribution is -1.71. The van der Waals surface area contributed by atoms with Crippen LogP contribution in [0.2, 0.25) is 0 Å². The summed E-state index contributed by atoms with van der Waals surface area (Å²) in [6, 6.07) is 0. The molecule has 1 heterocycles. The molecule has 0 fully saturated rings. The third-order valence-corrected chi connectivity index (χ3v) is 1.13. The molecule has 0 saturated carbocycles. The van der Waals surface area contributed by atoms with Crippen LogP contribution < -0.4 is 0 Å². The van der Waals surface area contributed by atoms with E-state index in [2.05, 4.69) is 22.5 Å². The molecule has 0 aliphatic rings. The van der Waals surface area contributed by atoms with Gasteiger partial charge in [0, 0.05) is 11.3 Å². The first-order valence-corrected chi connectivity index (χ1v) is 2.70. The maximum Gasteiger partial charge on any atom is 0.0568 e. The van der Waals surface area contributed by atoms with Crippen molar-refractivity contribution < 1.29 is 0 Å². The van der Waals surface area contributed by atoms with E-state index in [-0.39, 0.29) is 0 Å². The Morgan fingerprint density at radius 3 is 3.11 bits per heavy atom. The highest BCUT2D eigenvalue weighted by Crippen LogP contribution is 2.02. The summed E-state index contributed by atoms with van der Waals surface area (Å²) >= 11 is 0. The number of nitrogens with one attached hydrogen (secondary N) is 1. The number of H-pyrrole nitrogens is 1. The SMILES string of the molecule is C=C=Cc1cn[nH]c1C. The van der Waals surface area contributed by atoms with Crippen LogP contribution in [0.4, 0.5) is 0 Å². The van der Waals surface area contributed by atoms with E-state index in [0.717, 1.165) is 11.3 Å². The van der Waals surface area contributed by atoms with Crippen molar-refractivity contribution in [2.45, 2.75) is 6.92 Å². The second kappa shape index (κ2) is 2.33. The zero-order chi connectivity index (χ0) is 6.69. The second-order valence-electron chi connectivity index (χ2n) is 1.80. The maximum absolute atomic E-state index is 3.82. The molecule has 0 aliphatic carbocycles. The average Bonchev–Trinajstić information content (AvgIpc) is 2.18. The van der Waals surface area contributed by atoms with Crippen LogP contribution in [-0.2, 0) is 0 Å². The lowest BCUT2D eigenvalue weighted by molar-refractivity contribution is 1.05. The van der Waals surface area contributed by atoms with Crippen molar-refractivity contribution in [2.75, 3.05) is 0 Å². The van der Waals surface area contributed by atoms with E-state index in [1.807, 2.05) is 6.92 Å². The van der Waals surface area contributed by atoms with E-state index in [1.54, 1.807) is 12.3 Å². The Kier molecular flexibility index (Phi) is 1.52. The minimum Gasteiger partial charge on any atom is -0.282 e. The summed E-state index contributed by atoms with van der Waals surface area (Å²) in [6.07, 6.45) is 3.53. The molecule has 1 aromatic heterocycles. The molecule has 0 aliphatic heterocycles. The number of nitrogens with zero attached hydrogens (tertiary/aromatic N) is 1. The lowest BCUT2D eigenvalue weighted by Gasteiger charge is -1.81. The molecule has 0 aromatic carbocycles. The Morgan fingerprint density at radius 2 is 2.67 bits per heavy atom. The highest BCUT2D eigenvalue weighted by atomic mass is 15.1. The molecule has 1 N–H and O–H groups in total. The molecule has 1 rings (SSSR count). The monoisotopic (exact) mass is 120 g/mol. The zero-order valence-electron chi connectivity index (χ0n) is 5.31. The van der Waals surface area contributed by atoms with Gasteiger partial charge >= 0.3 is 0 Å². The molecular weight excluding hydrogens is 112 g/mol. The summed E-state index contributed by atoms with van der Waals surface area (Å²) in [5.74, 6) is 0. The number of aryl methyl sites for hydroxylation is 1. The number of hydrogen-bond acceptors (Lipinski definition) is 1. The smallest absolute Gasteiger partial charge is 0.0568 e. The summed E-state index contributed by atoms with van der Waals surface area (Å²) < 4.78 is 0. The van der Waals surface area contributed by atoms with Gasteiger partial charge < -0.3 is 0 Å². The quantitative estimate of drug-likeness (QED) is 0.559. The Balaban J connectivity index is 3.07. The topological polar surface area (TPSA) is 28.7 Å². The van der Waals surface area contributed by atoms with Gasteiger partial charge in [0.25, 0.3) is 0 Å². The van der Waals surface area contributed by atoms with Crippen LogP contribution >= 0.6 is 0 Å². The standard InChI is InChI=1S/C7H8N2/c1-3-4-7-5-8-9-6(7)2/h4-5H,1H2,2H3,(H,8,9). The van der Waals surface area contributed by atoms with E-state index in [4.69, 9.17) is 0 Å². The van der Waals surface area contributed by atoms with Gasteiger partial charge in [-0.1, -0.05) is 6.58 Å². The summed E-state index contributed by atoms with van der Waals surface area (Å²) in [6.45, 7) is 5.41. The molecule has 0 bridgehead atoms. The third-order valence-electron chi connectivity index (χ3n) is 1.13. The highest BCUT2D eigenvalue weighted by molar-refractivity contribution is 5.48. The minimum atomic E-state index is 1.05. The van der Waals surface area contributed by atoms with Crippen molar-refractivity contribution in [2.24, 2.45) is 0 Å². The fourth-order valence-corrected chi connectivity index (χ4v) is 0.615. The molecule has 2 heteroatoms. The van der Waals surface area contributed by atoms with Gasteiger partial charge in [-0.15, -0.1) is 5.73 Å². The van der Waals surface area contributed by atoms with Gasteiger partial charge in [0.2, 0.25) is 0 Å². The molecule has 1 aromatic rings. The molecule has 46 valence electrons. The molecule has 0 amide bonds. The molecular formula is C7H8N2. The summed E-state index contributed by atoms with van der Waals surface area (Å²) in [4.78, 5) is 0. The van der Waals surface area contributed by atoms with E-state index < -0.39 is 0 Å². The van der Waals surface area contributed by atoms with Crippen LogP contribution in [0.3, 0.4) is 0 Å². The van der Waals surface area contributed by atoms with Gasteiger partial charge in [0.15, 0.2) is 0 Å². The first kappa shape index (κ1) is 5.86. The number of aromatic nitrogens is 2. The van der Waals surface area contributed by atoms with Gasteiger partial charge in [-0.25, -0.2) is 0 Å². The normalized spacial score (nSPS) is 8.56. The van der Waals surface area contributed by atoms with Crippen molar-refractivity contribution >= 4 is 6.08 Å². The molecule has 0 spiro atoms. The number of rotatable bonds is 1. The number of hydrogen-bond donors (Lipinski definition) is 1. The van der Waals surface area contributed by atoms with E-state index in [9.17, 15) is 0 Å². The lowest BCUT2D eigenvalue weighted by atomic mass is 10.3. The van der Waals surface area contributed by atoms with Crippen molar-refractivity contribution in [1.82, 2.24) is 10.2 Å². The fourth-order valence-electron chi connectivity index (χ4n) is 0.615. The Bertz CT molecular complexity index is 241.